The molecule has 1 unspecified atom stereocenters. The Morgan fingerprint density at radius 1 is 1.50 bits per heavy atom. The summed E-state index contributed by atoms with van der Waals surface area (Å²) in [5.41, 5.74) is 0.899. The second-order valence-electron chi connectivity index (χ2n) is 3.42. The van der Waals surface area contributed by atoms with Gasteiger partial charge in [-0.1, -0.05) is 0 Å². The number of Topliss-reactive ketones (excluding diaryl/α,β-unsaturated/α-hetero) is 1. The van der Waals surface area contributed by atoms with Gasteiger partial charge in [0.2, 0.25) is 0 Å². The number of ketones is 1. The minimum atomic E-state index is 0.182. The molecule has 0 amide bonds. The topological polar surface area (TPSA) is 26.3 Å². The molecule has 14 heavy (non-hydrogen) atoms. The molecule has 0 aliphatic carbocycles. The number of ether oxygens (including phenoxy) is 1. The third-order valence-corrected chi connectivity index (χ3v) is 5.11. The molecular weight excluding hydrogens is 216 g/mol. The summed E-state index contributed by atoms with van der Waals surface area (Å²) >= 11 is 3.68. The van der Waals surface area contributed by atoms with Crippen molar-refractivity contribution in [2.24, 2.45) is 0 Å². The lowest BCUT2D eigenvalue weighted by Crippen LogP contribution is -2.26. The lowest BCUT2D eigenvalue weighted by atomic mass is 10.0. The average Bonchev–Trinajstić information content (AvgIpc) is 2.30. The standard InChI is InChI=1S/C10H14O2S2/c11-10(8-2-1-3-12-6-8)9-7-13-4-5-14-9/h6,9H,1-5,7H2. The largest absolute Gasteiger partial charge is 0.501 e. The van der Waals surface area contributed by atoms with Gasteiger partial charge in [-0.25, -0.2) is 0 Å². The smallest absolute Gasteiger partial charge is 0.175 e. The van der Waals surface area contributed by atoms with Gasteiger partial charge >= 0.3 is 0 Å². The maximum Gasteiger partial charge on any atom is 0.175 e. The molecule has 2 aliphatic rings. The number of carbonyl (C=O) groups excluding carboxylic acids is 1. The molecule has 0 N–H and O–H groups in total. The molecule has 2 aliphatic heterocycles. The summed E-state index contributed by atoms with van der Waals surface area (Å²) in [5.74, 6) is 3.57. The van der Waals surface area contributed by atoms with Crippen LogP contribution < -0.4 is 0 Å². The third kappa shape index (κ3) is 2.48. The van der Waals surface area contributed by atoms with Crippen molar-refractivity contribution in [1.82, 2.24) is 0 Å². The summed E-state index contributed by atoms with van der Waals surface area (Å²) in [6.45, 7) is 0.767. The lowest BCUT2D eigenvalue weighted by Gasteiger charge is -2.22. The quantitative estimate of drug-likeness (QED) is 0.725. The highest BCUT2D eigenvalue weighted by Gasteiger charge is 2.25. The molecule has 1 atom stereocenters. The fraction of sp³-hybridized carbons (Fsp3) is 0.700. The first-order valence-electron chi connectivity index (χ1n) is 4.92. The lowest BCUT2D eigenvalue weighted by molar-refractivity contribution is -0.115. The van der Waals surface area contributed by atoms with E-state index in [1.165, 1.54) is 5.75 Å². The molecule has 78 valence electrons. The van der Waals surface area contributed by atoms with E-state index < -0.39 is 0 Å². The zero-order valence-corrected chi connectivity index (χ0v) is 9.66. The van der Waals surface area contributed by atoms with Crippen LogP contribution in [-0.2, 0) is 9.53 Å². The zero-order valence-electron chi connectivity index (χ0n) is 8.03. The highest BCUT2D eigenvalue weighted by molar-refractivity contribution is 8.07. The van der Waals surface area contributed by atoms with Gasteiger partial charge in [0.05, 0.1) is 18.1 Å². The Morgan fingerprint density at radius 2 is 2.43 bits per heavy atom. The molecule has 2 nitrogen and oxygen atoms in total. The van der Waals surface area contributed by atoms with Crippen LogP contribution in [0, 0.1) is 0 Å². The van der Waals surface area contributed by atoms with Gasteiger partial charge in [0.15, 0.2) is 5.78 Å². The van der Waals surface area contributed by atoms with Crippen molar-refractivity contribution < 1.29 is 9.53 Å². The second kappa shape index (κ2) is 5.12. The van der Waals surface area contributed by atoms with Gasteiger partial charge in [-0.15, -0.1) is 11.8 Å². The Kier molecular flexibility index (Phi) is 3.81. The van der Waals surface area contributed by atoms with Crippen LogP contribution in [0.2, 0.25) is 0 Å². The van der Waals surface area contributed by atoms with Crippen molar-refractivity contribution in [3.05, 3.63) is 11.8 Å². The van der Waals surface area contributed by atoms with E-state index in [1.54, 1.807) is 18.0 Å². The molecule has 0 aromatic carbocycles. The van der Waals surface area contributed by atoms with E-state index in [9.17, 15) is 4.79 Å². The van der Waals surface area contributed by atoms with Crippen molar-refractivity contribution in [3.8, 4) is 0 Å². The Labute approximate surface area is 92.8 Å². The molecule has 2 rings (SSSR count). The van der Waals surface area contributed by atoms with E-state index in [4.69, 9.17) is 4.74 Å². The van der Waals surface area contributed by atoms with Crippen LogP contribution in [-0.4, -0.2) is 34.9 Å². The Balaban J connectivity index is 1.95. The number of thioether (sulfide) groups is 2. The highest BCUT2D eigenvalue weighted by Crippen LogP contribution is 2.28. The summed E-state index contributed by atoms with van der Waals surface area (Å²) in [6.07, 6.45) is 3.56. The first-order chi connectivity index (χ1) is 6.88. The summed E-state index contributed by atoms with van der Waals surface area (Å²) in [4.78, 5) is 12.0. The average molecular weight is 230 g/mol. The SMILES string of the molecule is O=C(C1=COCCC1)C1CSCCS1. The number of hydrogen-bond donors (Lipinski definition) is 0. The molecule has 0 radical (unpaired) electrons. The van der Waals surface area contributed by atoms with Crippen molar-refractivity contribution in [2.75, 3.05) is 23.9 Å². The van der Waals surface area contributed by atoms with E-state index in [-0.39, 0.29) is 5.25 Å². The number of allylic oxidation sites excluding steroid dienone is 1. The Bertz CT molecular complexity index is 245. The fourth-order valence-electron chi connectivity index (χ4n) is 1.59. The summed E-state index contributed by atoms with van der Waals surface area (Å²) < 4.78 is 5.20. The Hall–Kier alpha value is -0.0900. The molecule has 1 saturated heterocycles. The van der Waals surface area contributed by atoms with Crippen LogP contribution in [0.3, 0.4) is 0 Å². The van der Waals surface area contributed by atoms with Crippen LogP contribution in [0.4, 0.5) is 0 Å². The molecule has 0 saturated carbocycles. The van der Waals surface area contributed by atoms with E-state index in [2.05, 4.69) is 0 Å². The minimum Gasteiger partial charge on any atom is -0.501 e. The normalized spacial score (nSPS) is 27.7. The van der Waals surface area contributed by atoms with Gasteiger partial charge in [0, 0.05) is 22.8 Å². The summed E-state index contributed by atoms with van der Waals surface area (Å²) in [7, 11) is 0. The maximum absolute atomic E-state index is 12.0. The molecule has 0 aromatic rings. The summed E-state index contributed by atoms with van der Waals surface area (Å²) in [5, 5.41) is 0.182. The molecular formula is C10H14O2S2. The van der Waals surface area contributed by atoms with Crippen molar-refractivity contribution in [3.63, 3.8) is 0 Å². The number of rotatable bonds is 2. The van der Waals surface area contributed by atoms with Gasteiger partial charge < -0.3 is 4.74 Å². The van der Waals surface area contributed by atoms with Crippen LogP contribution in [0.25, 0.3) is 0 Å². The first kappa shape index (κ1) is 10.4. The molecule has 2 heterocycles. The predicted octanol–water partition coefficient (Wildman–Crippen LogP) is 2.10. The third-order valence-electron chi connectivity index (χ3n) is 2.36. The van der Waals surface area contributed by atoms with Gasteiger partial charge in [-0.3, -0.25) is 4.79 Å². The number of carbonyl (C=O) groups is 1. The second-order valence-corrected chi connectivity index (χ2v) is 5.88. The van der Waals surface area contributed by atoms with Gasteiger partial charge in [0.25, 0.3) is 0 Å². The highest BCUT2D eigenvalue weighted by atomic mass is 32.2. The van der Waals surface area contributed by atoms with Crippen LogP contribution in [0.5, 0.6) is 0 Å². The van der Waals surface area contributed by atoms with E-state index in [1.807, 2.05) is 11.8 Å². The van der Waals surface area contributed by atoms with Crippen molar-refractivity contribution in [1.29, 1.82) is 0 Å². The van der Waals surface area contributed by atoms with E-state index in [0.29, 0.717) is 5.78 Å². The monoisotopic (exact) mass is 230 g/mol. The van der Waals surface area contributed by atoms with E-state index >= 15 is 0 Å². The van der Waals surface area contributed by atoms with Crippen LogP contribution in [0.1, 0.15) is 12.8 Å². The predicted molar refractivity (Wildman–Crippen MR) is 61.8 cm³/mol. The summed E-state index contributed by atoms with van der Waals surface area (Å²) in [6, 6.07) is 0. The Morgan fingerprint density at radius 3 is 3.07 bits per heavy atom. The van der Waals surface area contributed by atoms with Gasteiger partial charge in [-0.05, 0) is 12.8 Å². The maximum atomic E-state index is 12.0. The van der Waals surface area contributed by atoms with Gasteiger partial charge in [0.1, 0.15) is 0 Å². The van der Waals surface area contributed by atoms with Crippen molar-refractivity contribution in [2.45, 2.75) is 18.1 Å². The molecule has 4 heteroatoms. The minimum absolute atomic E-state index is 0.182. The molecule has 1 fully saturated rings. The molecule has 0 spiro atoms. The molecule has 0 bridgehead atoms. The van der Waals surface area contributed by atoms with Gasteiger partial charge in [-0.2, -0.15) is 11.8 Å². The zero-order chi connectivity index (χ0) is 9.80. The van der Waals surface area contributed by atoms with E-state index in [0.717, 1.165) is 36.5 Å². The van der Waals surface area contributed by atoms with Crippen LogP contribution in [0.15, 0.2) is 11.8 Å². The fourth-order valence-corrected chi connectivity index (χ4v) is 4.24. The van der Waals surface area contributed by atoms with Crippen molar-refractivity contribution >= 4 is 29.3 Å². The first-order valence-corrected chi connectivity index (χ1v) is 7.12. The van der Waals surface area contributed by atoms with Crippen LogP contribution >= 0.6 is 23.5 Å². The number of hydrogen-bond acceptors (Lipinski definition) is 4. The molecule has 0 aromatic heterocycles.